The molecule has 1 aliphatic carbocycles. The predicted molar refractivity (Wildman–Crippen MR) is 87.5 cm³/mol. The molecule has 0 amide bonds. The quantitative estimate of drug-likeness (QED) is 0.374. The smallest absolute Gasteiger partial charge is 0.0383 e. The van der Waals surface area contributed by atoms with Gasteiger partial charge in [-0.1, -0.05) is 97.8 Å². The van der Waals surface area contributed by atoms with Gasteiger partial charge in [0.25, 0.3) is 0 Å². The third kappa shape index (κ3) is 7.37. The molecule has 0 N–H and O–H groups in total. The van der Waals surface area contributed by atoms with Gasteiger partial charge in [0, 0.05) is 0 Å². The Balaban J connectivity index is 2.28. The van der Waals surface area contributed by atoms with E-state index in [1.54, 1.807) is 0 Å². The van der Waals surface area contributed by atoms with Crippen LogP contribution in [0.4, 0.5) is 0 Å². The maximum atomic E-state index is 2.48. The van der Waals surface area contributed by atoms with Crippen LogP contribution in [0, 0.1) is 17.8 Å². The number of hydrogen-bond donors (Lipinski definition) is 0. The van der Waals surface area contributed by atoms with E-state index in [9.17, 15) is 0 Å². The second-order valence-corrected chi connectivity index (χ2v) is 7.14. The van der Waals surface area contributed by atoms with E-state index in [1.807, 2.05) is 0 Å². The van der Waals surface area contributed by atoms with Gasteiger partial charge in [0.1, 0.15) is 0 Å². The summed E-state index contributed by atoms with van der Waals surface area (Å²) < 4.78 is 0. The van der Waals surface area contributed by atoms with Gasteiger partial charge in [-0.05, 0) is 24.2 Å². The highest BCUT2D eigenvalue weighted by Crippen LogP contribution is 2.38. The first-order chi connectivity index (χ1) is 9.27. The highest BCUT2D eigenvalue weighted by molar-refractivity contribution is 4.77. The molecule has 1 rings (SSSR count). The summed E-state index contributed by atoms with van der Waals surface area (Å²) in [6.45, 7) is 7.14. The summed E-state index contributed by atoms with van der Waals surface area (Å²) in [5.74, 6) is 3.13. The van der Waals surface area contributed by atoms with Gasteiger partial charge in [-0.15, -0.1) is 0 Å². The van der Waals surface area contributed by atoms with E-state index in [4.69, 9.17) is 0 Å². The standard InChI is InChI=1S/C19H38/c1-4-6-8-9-10-14-18(13-7-5-2)19-15-11-12-17(3)16-19/h17-19H,4-16H2,1-3H3. The van der Waals surface area contributed by atoms with Crippen molar-refractivity contribution in [2.24, 2.45) is 17.8 Å². The van der Waals surface area contributed by atoms with E-state index < -0.39 is 0 Å². The molecule has 0 aromatic heterocycles. The zero-order chi connectivity index (χ0) is 13.9. The van der Waals surface area contributed by atoms with Crippen molar-refractivity contribution in [3.63, 3.8) is 0 Å². The van der Waals surface area contributed by atoms with Gasteiger partial charge in [0.2, 0.25) is 0 Å². The van der Waals surface area contributed by atoms with E-state index in [0.717, 1.165) is 17.8 Å². The fourth-order valence-electron chi connectivity index (χ4n) is 4.00. The minimum Gasteiger partial charge on any atom is -0.0654 e. The lowest BCUT2D eigenvalue weighted by molar-refractivity contribution is 0.181. The Morgan fingerprint density at radius 3 is 2.21 bits per heavy atom. The molecule has 3 atom stereocenters. The molecule has 114 valence electrons. The molecule has 0 bridgehead atoms. The van der Waals surface area contributed by atoms with Crippen LogP contribution >= 0.6 is 0 Å². The van der Waals surface area contributed by atoms with Crippen LogP contribution in [0.2, 0.25) is 0 Å². The first kappa shape index (κ1) is 17.1. The normalized spacial score (nSPS) is 25.4. The summed E-state index contributed by atoms with van der Waals surface area (Å²) in [6.07, 6.45) is 19.2. The Kier molecular flexibility index (Phi) is 9.65. The molecule has 1 fully saturated rings. The van der Waals surface area contributed by atoms with Crippen LogP contribution in [-0.2, 0) is 0 Å². The van der Waals surface area contributed by atoms with Crippen molar-refractivity contribution in [2.75, 3.05) is 0 Å². The third-order valence-electron chi connectivity index (χ3n) is 5.25. The largest absolute Gasteiger partial charge is 0.0654 e. The van der Waals surface area contributed by atoms with Gasteiger partial charge >= 0.3 is 0 Å². The van der Waals surface area contributed by atoms with Crippen molar-refractivity contribution in [1.82, 2.24) is 0 Å². The summed E-state index contributed by atoms with van der Waals surface area (Å²) in [5, 5.41) is 0. The van der Waals surface area contributed by atoms with Crippen LogP contribution in [0.5, 0.6) is 0 Å². The molecule has 19 heavy (non-hydrogen) atoms. The maximum Gasteiger partial charge on any atom is -0.0383 e. The van der Waals surface area contributed by atoms with Crippen molar-refractivity contribution < 1.29 is 0 Å². The fraction of sp³-hybridized carbons (Fsp3) is 1.00. The number of unbranched alkanes of at least 4 members (excludes halogenated alkanes) is 5. The van der Waals surface area contributed by atoms with Crippen molar-refractivity contribution in [2.45, 2.75) is 104 Å². The SMILES string of the molecule is CCCCCCCC(CCCC)C1CCCC(C)C1. The molecular formula is C19H38. The van der Waals surface area contributed by atoms with Gasteiger partial charge in [0.05, 0.1) is 0 Å². The Labute approximate surface area is 122 Å². The van der Waals surface area contributed by atoms with Crippen LogP contribution in [0.3, 0.4) is 0 Å². The van der Waals surface area contributed by atoms with Crippen molar-refractivity contribution >= 4 is 0 Å². The lowest BCUT2D eigenvalue weighted by atomic mass is 9.72. The molecule has 0 aromatic carbocycles. The second kappa shape index (κ2) is 10.7. The highest BCUT2D eigenvalue weighted by Gasteiger charge is 2.25. The molecule has 0 aliphatic heterocycles. The molecule has 0 heteroatoms. The molecule has 1 aliphatic rings. The molecule has 0 saturated heterocycles. The summed E-state index contributed by atoms with van der Waals surface area (Å²) >= 11 is 0. The van der Waals surface area contributed by atoms with Crippen molar-refractivity contribution in [1.29, 1.82) is 0 Å². The fourth-order valence-corrected chi connectivity index (χ4v) is 4.00. The summed E-state index contributed by atoms with van der Waals surface area (Å²) in [7, 11) is 0. The molecule has 0 spiro atoms. The minimum atomic E-state index is 1.00. The average Bonchev–Trinajstić information content (AvgIpc) is 2.42. The predicted octanol–water partition coefficient (Wildman–Crippen LogP) is 6.98. The van der Waals surface area contributed by atoms with E-state index in [0.29, 0.717) is 0 Å². The Hall–Kier alpha value is 0. The van der Waals surface area contributed by atoms with Gasteiger partial charge in [-0.3, -0.25) is 0 Å². The first-order valence-electron chi connectivity index (χ1n) is 9.27. The number of rotatable bonds is 10. The van der Waals surface area contributed by atoms with E-state index in [2.05, 4.69) is 20.8 Å². The Morgan fingerprint density at radius 2 is 1.53 bits per heavy atom. The third-order valence-corrected chi connectivity index (χ3v) is 5.25. The Bertz CT molecular complexity index is 196. The molecular weight excluding hydrogens is 228 g/mol. The highest BCUT2D eigenvalue weighted by atomic mass is 14.3. The summed E-state index contributed by atoms with van der Waals surface area (Å²) in [5.41, 5.74) is 0. The van der Waals surface area contributed by atoms with Gasteiger partial charge in [-0.2, -0.15) is 0 Å². The van der Waals surface area contributed by atoms with Gasteiger partial charge < -0.3 is 0 Å². The van der Waals surface area contributed by atoms with Crippen LogP contribution in [0.25, 0.3) is 0 Å². The van der Waals surface area contributed by atoms with E-state index in [-0.39, 0.29) is 0 Å². The first-order valence-corrected chi connectivity index (χ1v) is 9.27. The van der Waals surface area contributed by atoms with Crippen LogP contribution in [-0.4, -0.2) is 0 Å². The van der Waals surface area contributed by atoms with Crippen molar-refractivity contribution in [3.8, 4) is 0 Å². The average molecular weight is 267 g/mol. The lowest BCUT2D eigenvalue weighted by Gasteiger charge is -2.33. The Morgan fingerprint density at radius 1 is 0.842 bits per heavy atom. The van der Waals surface area contributed by atoms with Gasteiger partial charge in [-0.25, -0.2) is 0 Å². The minimum absolute atomic E-state index is 1.00. The summed E-state index contributed by atoms with van der Waals surface area (Å²) in [4.78, 5) is 0. The topological polar surface area (TPSA) is 0 Å². The second-order valence-electron chi connectivity index (χ2n) is 7.14. The van der Waals surface area contributed by atoms with Crippen molar-refractivity contribution in [3.05, 3.63) is 0 Å². The van der Waals surface area contributed by atoms with Gasteiger partial charge in [0.15, 0.2) is 0 Å². The molecule has 3 unspecified atom stereocenters. The molecule has 0 nitrogen and oxygen atoms in total. The molecule has 0 heterocycles. The van der Waals surface area contributed by atoms with Crippen LogP contribution < -0.4 is 0 Å². The number of hydrogen-bond acceptors (Lipinski definition) is 0. The zero-order valence-electron chi connectivity index (χ0n) is 13.9. The maximum absolute atomic E-state index is 2.48. The molecule has 1 saturated carbocycles. The van der Waals surface area contributed by atoms with Crippen LogP contribution in [0.15, 0.2) is 0 Å². The van der Waals surface area contributed by atoms with E-state index in [1.165, 1.54) is 83.5 Å². The molecule has 0 radical (unpaired) electrons. The molecule has 0 aromatic rings. The monoisotopic (exact) mass is 266 g/mol. The van der Waals surface area contributed by atoms with Crippen LogP contribution in [0.1, 0.15) is 104 Å². The summed E-state index contributed by atoms with van der Waals surface area (Å²) in [6, 6.07) is 0. The zero-order valence-corrected chi connectivity index (χ0v) is 13.9. The lowest BCUT2D eigenvalue weighted by Crippen LogP contribution is -2.22. The van der Waals surface area contributed by atoms with E-state index >= 15 is 0 Å².